The summed E-state index contributed by atoms with van der Waals surface area (Å²) in [5.74, 6) is -5.39. The summed E-state index contributed by atoms with van der Waals surface area (Å²) in [6.45, 7) is 4.58. The van der Waals surface area contributed by atoms with Crippen molar-refractivity contribution in [3.8, 4) is 0 Å². The Balaban J connectivity index is 1.30. The van der Waals surface area contributed by atoms with Crippen molar-refractivity contribution in [1.82, 2.24) is 9.13 Å². The predicted molar refractivity (Wildman–Crippen MR) is 194 cm³/mol. The maximum atomic E-state index is 16.6. The number of hydrogen-bond acceptors (Lipinski definition) is 7. The molecule has 0 bridgehead atoms. The van der Waals surface area contributed by atoms with Gasteiger partial charge in [0.05, 0.1) is 55.7 Å². The van der Waals surface area contributed by atoms with Crippen LogP contribution in [0.4, 0.5) is 33.7 Å². The molecule has 1 spiro atoms. The van der Waals surface area contributed by atoms with Crippen LogP contribution in [-0.2, 0) is 4.74 Å². The molecule has 3 saturated carbocycles. The Morgan fingerprint density at radius 1 is 0.855 bits per heavy atom. The van der Waals surface area contributed by atoms with E-state index in [-0.39, 0.29) is 53.1 Å². The fourth-order valence-corrected chi connectivity index (χ4v) is 8.69. The number of carbonyl (C=O) groups is 3. The molecule has 3 aliphatic carbocycles. The normalized spacial score (nSPS) is 23.7. The summed E-state index contributed by atoms with van der Waals surface area (Å²) in [6.07, 6.45) is -1.01. The van der Waals surface area contributed by atoms with Crippen molar-refractivity contribution in [1.29, 1.82) is 0 Å². The molecule has 1 saturated heterocycles. The fourth-order valence-electron chi connectivity index (χ4n) is 7.90. The molecule has 55 heavy (non-hydrogen) atoms. The molecular formula is C37H32Cl2F4N4O8. The number of alkyl halides is 2. The van der Waals surface area contributed by atoms with E-state index in [1.54, 1.807) is 20.8 Å². The van der Waals surface area contributed by atoms with Crippen LogP contribution < -0.4 is 20.7 Å². The molecule has 5 atom stereocenters. The highest BCUT2D eigenvalue weighted by atomic mass is 35.5. The highest BCUT2D eigenvalue weighted by Gasteiger charge is 2.60. The summed E-state index contributed by atoms with van der Waals surface area (Å²) in [5.41, 5.74) is -6.49. The van der Waals surface area contributed by atoms with Gasteiger partial charge in [0.1, 0.15) is 46.4 Å². The van der Waals surface area contributed by atoms with Gasteiger partial charge < -0.3 is 29.0 Å². The fraction of sp³-hybridized carbons (Fsp3) is 0.432. The zero-order valence-electron chi connectivity index (χ0n) is 29.3. The van der Waals surface area contributed by atoms with E-state index in [2.05, 4.69) is 0 Å². The van der Waals surface area contributed by atoms with Crippen LogP contribution in [0.15, 0.2) is 34.1 Å². The number of benzene rings is 2. The van der Waals surface area contributed by atoms with Gasteiger partial charge in [-0.1, -0.05) is 23.2 Å². The number of ether oxygens (including phenoxy) is 1. The number of aromatic carboxylic acids is 2. The third-order valence-electron chi connectivity index (χ3n) is 10.9. The topological polar surface area (TPSA) is 151 Å². The standard InChI is InChI=1S/C37H32Cl2F4N4O8/c1-36(2,3)55-35(54)47(30-21(43)7-15-28(26(30)39)46(23-9-19(23)41)11-17(32(15)49)34(52)53)24-12-44(13-37(24)4-5-37)29-20(42)6-14-27(25(29)38)45(22-8-18(22)40)10-16(31(14)48)33(50)51/h6-7,10-11,18-19,22-24H,4-5,8-9,12-13H2,1-3H3,(H,50,51)(H,52,53)/t18-,19-,22+,23+,24+/m0/s1. The number of rotatable bonds is 7. The number of carbonyl (C=O) groups excluding carboxylic acids is 1. The Labute approximate surface area is 318 Å². The van der Waals surface area contributed by atoms with E-state index < -0.39 is 109 Å². The number of carboxylic acids is 2. The summed E-state index contributed by atoms with van der Waals surface area (Å²) < 4.78 is 70.0. The molecule has 4 aromatic rings. The lowest BCUT2D eigenvalue weighted by Crippen LogP contribution is -2.49. The molecule has 0 radical (unpaired) electrons. The van der Waals surface area contributed by atoms with Gasteiger partial charge in [0.2, 0.25) is 10.9 Å². The van der Waals surface area contributed by atoms with Crippen LogP contribution in [0.1, 0.15) is 79.3 Å². The average Bonchev–Trinajstić information content (AvgIpc) is 4.03. The van der Waals surface area contributed by atoms with Crippen LogP contribution in [0.3, 0.4) is 0 Å². The van der Waals surface area contributed by atoms with E-state index >= 15 is 8.78 Å². The summed E-state index contributed by atoms with van der Waals surface area (Å²) >= 11 is 13.8. The van der Waals surface area contributed by atoms with E-state index in [4.69, 9.17) is 27.9 Å². The predicted octanol–water partition coefficient (Wildman–Crippen LogP) is 7.27. The number of amides is 1. The van der Waals surface area contributed by atoms with Crippen LogP contribution in [0.2, 0.25) is 10.0 Å². The van der Waals surface area contributed by atoms with Gasteiger partial charge in [-0.25, -0.2) is 31.9 Å². The molecule has 4 aliphatic rings. The molecule has 8 rings (SSSR count). The van der Waals surface area contributed by atoms with Gasteiger partial charge in [-0.15, -0.1) is 0 Å². The molecule has 2 N–H and O–H groups in total. The molecule has 1 aliphatic heterocycles. The number of fused-ring (bicyclic) bond motifs is 2. The number of halogens is 6. The zero-order chi connectivity index (χ0) is 39.8. The Hall–Kier alpha value is -4.83. The first-order chi connectivity index (χ1) is 25.7. The molecule has 18 heteroatoms. The highest BCUT2D eigenvalue weighted by molar-refractivity contribution is 6.39. The minimum atomic E-state index is -1.62. The smallest absolute Gasteiger partial charge is 0.415 e. The Bertz CT molecular complexity index is 2530. The molecule has 0 unspecified atom stereocenters. The summed E-state index contributed by atoms with van der Waals surface area (Å²) in [4.78, 5) is 67.1. The maximum absolute atomic E-state index is 16.6. The van der Waals surface area contributed by atoms with Gasteiger partial charge in [0.15, 0.2) is 0 Å². The van der Waals surface area contributed by atoms with Crippen molar-refractivity contribution in [2.24, 2.45) is 5.41 Å². The second-order valence-electron chi connectivity index (χ2n) is 15.8. The van der Waals surface area contributed by atoms with Gasteiger partial charge in [0.25, 0.3) is 0 Å². The first-order valence-corrected chi connectivity index (χ1v) is 18.2. The summed E-state index contributed by atoms with van der Waals surface area (Å²) in [7, 11) is 0. The first-order valence-electron chi connectivity index (χ1n) is 17.4. The van der Waals surface area contributed by atoms with Crippen LogP contribution >= 0.6 is 23.2 Å². The first kappa shape index (κ1) is 37.1. The quantitative estimate of drug-likeness (QED) is 0.184. The molecule has 1 amide bonds. The molecule has 2 aromatic carbocycles. The molecule has 290 valence electrons. The summed E-state index contributed by atoms with van der Waals surface area (Å²) in [6, 6.07) is -1.18. The Kier molecular flexibility index (Phi) is 8.32. The monoisotopic (exact) mass is 806 g/mol. The van der Waals surface area contributed by atoms with Gasteiger partial charge >= 0.3 is 18.0 Å². The SMILES string of the molecule is CC(C)(C)OC(=O)N(c1c(F)cc2c(=O)c(C(=O)O)cn([C@@H]3C[C@@H]3F)c2c1Cl)[C@@H]1CN(c2c(F)cc3c(=O)c(C(=O)O)cn([C@@H]4C[C@@H]4F)c3c2Cl)CC12CC2. The van der Waals surface area contributed by atoms with Gasteiger partial charge in [-0.3, -0.25) is 14.5 Å². The molecule has 2 aromatic heterocycles. The maximum Gasteiger partial charge on any atom is 0.415 e. The average molecular weight is 808 g/mol. The van der Waals surface area contributed by atoms with Gasteiger partial charge in [-0.2, -0.15) is 0 Å². The van der Waals surface area contributed by atoms with Crippen LogP contribution in [-0.4, -0.2) is 74.5 Å². The van der Waals surface area contributed by atoms with E-state index in [1.165, 1.54) is 14.0 Å². The number of nitrogens with zero attached hydrogens (tertiary/aromatic N) is 4. The van der Waals surface area contributed by atoms with Crippen molar-refractivity contribution in [2.75, 3.05) is 22.9 Å². The minimum Gasteiger partial charge on any atom is -0.477 e. The van der Waals surface area contributed by atoms with E-state index in [0.717, 1.165) is 29.4 Å². The zero-order valence-corrected chi connectivity index (χ0v) is 30.9. The Morgan fingerprint density at radius 2 is 1.33 bits per heavy atom. The molecular weight excluding hydrogens is 775 g/mol. The van der Waals surface area contributed by atoms with Gasteiger partial charge in [-0.05, 0) is 45.7 Å². The second kappa shape index (κ2) is 12.3. The Morgan fingerprint density at radius 3 is 1.76 bits per heavy atom. The second-order valence-corrected chi connectivity index (χ2v) is 16.5. The van der Waals surface area contributed by atoms with E-state index in [1.807, 2.05) is 0 Å². The molecule has 3 heterocycles. The van der Waals surface area contributed by atoms with Crippen molar-refractivity contribution < 1.29 is 46.9 Å². The minimum absolute atomic E-state index is 0.0100. The number of carboxylic acid groups (broad SMARTS) is 2. The third kappa shape index (κ3) is 5.90. The van der Waals surface area contributed by atoms with Crippen LogP contribution in [0.5, 0.6) is 0 Å². The van der Waals surface area contributed by atoms with Crippen LogP contribution in [0, 0.1) is 17.0 Å². The lowest BCUT2D eigenvalue weighted by Gasteiger charge is -2.35. The van der Waals surface area contributed by atoms with Crippen molar-refractivity contribution >= 4 is 74.4 Å². The number of hydrogen-bond donors (Lipinski definition) is 2. The van der Waals surface area contributed by atoms with E-state index in [9.17, 15) is 43.0 Å². The largest absolute Gasteiger partial charge is 0.477 e. The highest BCUT2D eigenvalue weighted by Crippen LogP contribution is 2.58. The number of pyridine rings is 2. The molecule has 4 fully saturated rings. The third-order valence-corrected chi connectivity index (χ3v) is 11.6. The number of anilines is 2. The lowest BCUT2D eigenvalue weighted by atomic mass is 9.98. The lowest BCUT2D eigenvalue weighted by molar-refractivity contribution is 0.0555. The van der Waals surface area contributed by atoms with Crippen LogP contribution in [0.25, 0.3) is 21.8 Å². The van der Waals surface area contributed by atoms with Crippen molar-refractivity contribution in [2.45, 2.75) is 82.5 Å². The van der Waals surface area contributed by atoms with E-state index in [0.29, 0.717) is 12.8 Å². The summed E-state index contributed by atoms with van der Waals surface area (Å²) in [5, 5.41) is 17.8. The van der Waals surface area contributed by atoms with Gasteiger partial charge in [0, 0.05) is 43.7 Å². The number of aromatic nitrogens is 2. The molecule has 12 nitrogen and oxygen atoms in total. The van der Waals surface area contributed by atoms with Crippen molar-refractivity contribution in [3.05, 3.63) is 77.8 Å². The van der Waals surface area contributed by atoms with Crippen molar-refractivity contribution in [3.63, 3.8) is 0 Å².